The predicted molar refractivity (Wildman–Crippen MR) is 91.0 cm³/mol. The molecule has 2 nitrogen and oxygen atoms in total. The van der Waals surface area contributed by atoms with Crippen LogP contribution in [-0.4, -0.2) is 5.91 Å². The smallest absolute Gasteiger partial charge is 0.228 e. The molecule has 0 atom stereocenters. The summed E-state index contributed by atoms with van der Waals surface area (Å²) in [5.74, 6) is 0.00295. The number of hydrogen-bond acceptors (Lipinski definition) is 1. The van der Waals surface area contributed by atoms with Crippen LogP contribution in [0.3, 0.4) is 0 Å². The molecule has 0 aliphatic heterocycles. The number of rotatable bonds is 4. The Hall–Kier alpha value is -1.13. The van der Waals surface area contributed by atoms with E-state index in [1.807, 2.05) is 48.5 Å². The maximum Gasteiger partial charge on any atom is 0.228 e. The number of anilines is 2. The molecule has 20 heavy (non-hydrogen) atoms. The van der Waals surface area contributed by atoms with Gasteiger partial charge in [-0.05, 0) is 35.4 Å². The molecule has 0 N–H and O–H groups in total. The van der Waals surface area contributed by atoms with Gasteiger partial charge in [-0.2, -0.15) is 0 Å². The van der Waals surface area contributed by atoms with Gasteiger partial charge in [-0.25, -0.2) is 0 Å². The zero-order valence-electron chi connectivity index (χ0n) is 11.1. The highest BCUT2D eigenvalue weighted by Gasteiger charge is 2.13. The van der Waals surface area contributed by atoms with Crippen molar-refractivity contribution < 1.29 is 4.79 Å². The standard InChI is InChI=1S/C16H15Br2NO/c1-12(20)19(15-6-2-13(10-17)3-7-15)16-8-4-14(11-18)5-9-16/h2-9H,10-11H2,1H3. The van der Waals surface area contributed by atoms with Crippen molar-refractivity contribution in [3.63, 3.8) is 0 Å². The van der Waals surface area contributed by atoms with E-state index < -0.39 is 0 Å². The highest BCUT2D eigenvalue weighted by atomic mass is 79.9. The molecule has 2 rings (SSSR count). The minimum Gasteiger partial charge on any atom is -0.281 e. The lowest BCUT2D eigenvalue weighted by Crippen LogP contribution is -2.22. The van der Waals surface area contributed by atoms with Gasteiger partial charge in [0.2, 0.25) is 5.91 Å². The lowest BCUT2D eigenvalue weighted by molar-refractivity contribution is -0.115. The third-order valence-electron chi connectivity index (χ3n) is 3.01. The third kappa shape index (κ3) is 3.49. The van der Waals surface area contributed by atoms with Crippen molar-refractivity contribution in [3.05, 3.63) is 59.7 Å². The molecule has 0 fully saturated rings. The molecule has 104 valence electrons. The number of alkyl halides is 2. The Balaban J connectivity index is 2.36. The summed E-state index contributed by atoms with van der Waals surface area (Å²) in [6.07, 6.45) is 0. The SMILES string of the molecule is CC(=O)N(c1ccc(CBr)cc1)c1ccc(CBr)cc1. The first-order valence-electron chi connectivity index (χ1n) is 6.26. The first kappa shape index (κ1) is 15.3. The van der Waals surface area contributed by atoms with Crippen LogP contribution in [-0.2, 0) is 15.5 Å². The van der Waals surface area contributed by atoms with E-state index >= 15 is 0 Å². The van der Waals surface area contributed by atoms with Gasteiger partial charge in [0.25, 0.3) is 0 Å². The molecule has 0 unspecified atom stereocenters. The number of carbonyl (C=O) groups excluding carboxylic acids is 1. The highest BCUT2D eigenvalue weighted by molar-refractivity contribution is 9.08. The van der Waals surface area contributed by atoms with Crippen LogP contribution in [0.1, 0.15) is 18.1 Å². The number of carbonyl (C=O) groups is 1. The van der Waals surface area contributed by atoms with Crippen LogP contribution in [0.5, 0.6) is 0 Å². The summed E-state index contributed by atoms with van der Waals surface area (Å²) in [6.45, 7) is 1.58. The molecule has 0 aliphatic carbocycles. The number of halogens is 2. The normalized spacial score (nSPS) is 10.3. The Kier molecular flexibility index (Phi) is 5.38. The Labute approximate surface area is 136 Å². The van der Waals surface area contributed by atoms with E-state index in [1.54, 1.807) is 11.8 Å². The van der Waals surface area contributed by atoms with E-state index in [9.17, 15) is 4.79 Å². The fourth-order valence-electron chi connectivity index (χ4n) is 1.98. The Morgan fingerprint density at radius 2 is 1.20 bits per heavy atom. The quantitative estimate of drug-likeness (QED) is 0.653. The second kappa shape index (κ2) is 7.04. The fraction of sp³-hybridized carbons (Fsp3) is 0.188. The molecule has 1 amide bonds. The lowest BCUT2D eigenvalue weighted by atomic mass is 10.1. The maximum atomic E-state index is 12.0. The van der Waals surface area contributed by atoms with Gasteiger partial charge in [0.1, 0.15) is 0 Å². The van der Waals surface area contributed by atoms with Crippen LogP contribution in [0, 0.1) is 0 Å². The van der Waals surface area contributed by atoms with Gasteiger partial charge in [-0.15, -0.1) is 0 Å². The van der Waals surface area contributed by atoms with Crippen molar-refractivity contribution in [2.75, 3.05) is 4.90 Å². The van der Waals surface area contributed by atoms with Crippen molar-refractivity contribution in [1.29, 1.82) is 0 Å². The molecule has 4 heteroatoms. The molecule has 0 saturated carbocycles. The van der Waals surface area contributed by atoms with Crippen LogP contribution >= 0.6 is 31.9 Å². The van der Waals surface area contributed by atoms with Gasteiger partial charge in [0, 0.05) is 29.0 Å². The number of amides is 1. The summed E-state index contributed by atoms with van der Waals surface area (Å²) in [6, 6.07) is 16.0. The van der Waals surface area contributed by atoms with Gasteiger partial charge in [-0.3, -0.25) is 9.69 Å². The fourth-order valence-corrected chi connectivity index (χ4v) is 2.73. The summed E-state index contributed by atoms with van der Waals surface area (Å²) in [7, 11) is 0. The summed E-state index contributed by atoms with van der Waals surface area (Å²) in [4.78, 5) is 13.7. The Morgan fingerprint density at radius 3 is 1.45 bits per heavy atom. The Bertz CT molecular complexity index is 531. The average molecular weight is 397 g/mol. The van der Waals surface area contributed by atoms with Crippen molar-refractivity contribution in [3.8, 4) is 0 Å². The monoisotopic (exact) mass is 395 g/mol. The van der Waals surface area contributed by atoms with Gasteiger partial charge in [0.15, 0.2) is 0 Å². The molecule has 0 bridgehead atoms. The van der Waals surface area contributed by atoms with Crippen LogP contribution in [0.15, 0.2) is 48.5 Å². The van der Waals surface area contributed by atoms with Crippen LogP contribution in [0.2, 0.25) is 0 Å². The topological polar surface area (TPSA) is 20.3 Å². The van der Waals surface area contributed by atoms with Crippen molar-refractivity contribution in [2.24, 2.45) is 0 Å². The summed E-state index contributed by atoms with van der Waals surface area (Å²) >= 11 is 6.85. The van der Waals surface area contributed by atoms with Crippen LogP contribution < -0.4 is 4.90 Å². The molecule has 0 aromatic heterocycles. The molecule has 0 aliphatic rings. The van der Waals surface area contributed by atoms with Crippen LogP contribution in [0.4, 0.5) is 11.4 Å². The van der Waals surface area contributed by atoms with E-state index in [-0.39, 0.29) is 5.91 Å². The molecule has 0 heterocycles. The molecular weight excluding hydrogens is 382 g/mol. The predicted octanol–water partition coefficient (Wildman–Crippen LogP) is 5.16. The van der Waals surface area contributed by atoms with Gasteiger partial charge in [-0.1, -0.05) is 56.1 Å². The van der Waals surface area contributed by atoms with Gasteiger partial charge in [0.05, 0.1) is 0 Å². The van der Waals surface area contributed by atoms with Gasteiger partial charge >= 0.3 is 0 Å². The van der Waals surface area contributed by atoms with E-state index in [4.69, 9.17) is 0 Å². The lowest BCUT2D eigenvalue weighted by Gasteiger charge is -2.21. The first-order valence-corrected chi connectivity index (χ1v) is 8.50. The van der Waals surface area contributed by atoms with Gasteiger partial charge < -0.3 is 0 Å². The zero-order chi connectivity index (χ0) is 14.5. The van der Waals surface area contributed by atoms with Crippen molar-refractivity contribution >= 4 is 49.1 Å². The molecule has 2 aromatic carbocycles. The first-order chi connectivity index (χ1) is 9.65. The summed E-state index contributed by atoms with van der Waals surface area (Å²) < 4.78 is 0. The molecule has 2 aromatic rings. The van der Waals surface area contributed by atoms with Crippen molar-refractivity contribution in [2.45, 2.75) is 17.6 Å². The average Bonchev–Trinajstić information content (AvgIpc) is 2.48. The molecule has 0 saturated heterocycles. The van der Waals surface area contributed by atoms with E-state index in [1.165, 1.54) is 11.1 Å². The summed E-state index contributed by atoms with van der Waals surface area (Å²) in [5, 5.41) is 1.63. The number of benzene rings is 2. The maximum absolute atomic E-state index is 12.0. The van der Waals surface area contributed by atoms with E-state index in [0.29, 0.717) is 0 Å². The molecule has 0 spiro atoms. The number of hydrogen-bond donors (Lipinski definition) is 0. The minimum absolute atomic E-state index is 0.00295. The largest absolute Gasteiger partial charge is 0.281 e. The molecule has 0 radical (unpaired) electrons. The second-order valence-electron chi connectivity index (χ2n) is 4.45. The molecular formula is C16H15Br2NO. The summed E-state index contributed by atoms with van der Waals surface area (Å²) in [5.41, 5.74) is 4.14. The number of nitrogens with zero attached hydrogens (tertiary/aromatic N) is 1. The Morgan fingerprint density at radius 1 is 0.850 bits per heavy atom. The zero-order valence-corrected chi connectivity index (χ0v) is 14.3. The third-order valence-corrected chi connectivity index (χ3v) is 4.31. The van der Waals surface area contributed by atoms with Crippen LogP contribution in [0.25, 0.3) is 0 Å². The second-order valence-corrected chi connectivity index (χ2v) is 5.58. The van der Waals surface area contributed by atoms with E-state index in [2.05, 4.69) is 31.9 Å². The minimum atomic E-state index is 0.00295. The highest BCUT2D eigenvalue weighted by Crippen LogP contribution is 2.27. The van der Waals surface area contributed by atoms with Crippen molar-refractivity contribution in [1.82, 2.24) is 0 Å². The van der Waals surface area contributed by atoms with E-state index in [0.717, 1.165) is 22.0 Å².